The van der Waals surface area contributed by atoms with Gasteiger partial charge in [0.2, 0.25) is 5.91 Å². The predicted octanol–water partition coefficient (Wildman–Crippen LogP) is 3.19. The molecule has 1 saturated heterocycles. The zero-order chi connectivity index (χ0) is 19.5. The van der Waals surface area contributed by atoms with Crippen molar-refractivity contribution in [2.75, 3.05) is 20.3 Å². The molecule has 0 aliphatic carbocycles. The number of nitrogens with zero attached hydrogens (tertiary/aromatic N) is 3. The van der Waals surface area contributed by atoms with Gasteiger partial charge in [0.25, 0.3) is 0 Å². The lowest BCUT2D eigenvalue weighted by Crippen LogP contribution is -2.39. The molecule has 6 nitrogen and oxygen atoms in total. The molecule has 1 fully saturated rings. The summed E-state index contributed by atoms with van der Waals surface area (Å²) in [5.74, 6) is 1.06. The molecule has 0 N–H and O–H groups in total. The van der Waals surface area contributed by atoms with Gasteiger partial charge in [-0.1, -0.05) is 12.1 Å². The maximum atomic E-state index is 13.1. The molecule has 0 bridgehead atoms. The number of hydrogen-bond donors (Lipinski definition) is 0. The van der Waals surface area contributed by atoms with Gasteiger partial charge in [-0.3, -0.25) is 9.48 Å². The number of hydrogen-bond acceptors (Lipinski definition) is 4. The van der Waals surface area contributed by atoms with Gasteiger partial charge in [-0.2, -0.15) is 5.10 Å². The molecule has 0 radical (unpaired) electrons. The molecular weight excluding hydrogens is 354 g/mol. The van der Waals surface area contributed by atoms with Gasteiger partial charge in [-0.15, -0.1) is 0 Å². The second kappa shape index (κ2) is 8.35. The summed E-state index contributed by atoms with van der Waals surface area (Å²) < 4.78 is 12.9. The average Bonchev–Trinajstić information content (AvgIpc) is 3.09. The van der Waals surface area contributed by atoms with Crippen molar-refractivity contribution in [2.45, 2.75) is 51.2 Å². The van der Waals surface area contributed by atoms with Crippen LogP contribution in [0.25, 0.3) is 0 Å². The van der Waals surface area contributed by atoms with Crippen LogP contribution in [0.1, 0.15) is 54.2 Å². The lowest BCUT2D eigenvalue weighted by Gasteiger charge is -2.35. The molecule has 0 saturated carbocycles. The van der Waals surface area contributed by atoms with Crippen molar-refractivity contribution < 1.29 is 14.3 Å². The summed E-state index contributed by atoms with van der Waals surface area (Å²) in [5, 5.41) is 4.81. The number of rotatable bonds is 5. The molecule has 3 heterocycles. The number of benzene rings is 1. The van der Waals surface area contributed by atoms with E-state index in [-0.39, 0.29) is 11.9 Å². The Bertz CT molecular complexity index is 828. The first-order valence-electron chi connectivity index (χ1n) is 10.2. The monoisotopic (exact) mass is 383 g/mol. The Morgan fingerprint density at radius 2 is 2.11 bits per heavy atom. The van der Waals surface area contributed by atoms with Crippen molar-refractivity contribution in [3.8, 4) is 5.75 Å². The van der Waals surface area contributed by atoms with E-state index in [1.807, 2.05) is 36.0 Å². The molecule has 2 aliphatic rings. The zero-order valence-electron chi connectivity index (χ0n) is 16.8. The number of carbonyl (C=O) groups is 1. The molecular formula is C22H29N3O3. The van der Waals surface area contributed by atoms with Crippen LogP contribution in [0, 0.1) is 0 Å². The number of aryl methyl sites for hydroxylation is 2. The second-order valence-corrected chi connectivity index (χ2v) is 7.68. The van der Waals surface area contributed by atoms with Crippen molar-refractivity contribution in [1.82, 2.24) is 14.7 Å². The fourth-order valence-corrected chi connectivity index (χ4v) is 4.41. The number of aromatic nitrogens is 2. The molecule has 1 aromatic carbocycles. The van der Waals surface area contributed by atoms with E-state index in [0.29, 0.717) is 13.0 Å². The molecule has 1 amide bonds. The highest BCUT2D eigenvalue weighted by molar-refractivity contribution is 5.77. The molecule has 1 aromatic heterocycles. The number of piperidine rings is 1. The van der Waals surface area contributed by atoms with Gasteiger partial charge in [0, 0.05) is 37.7 Å². The van der Waals surface area contributed by atoms with Gasteiger partial charge in [0.1, 0.15) is 5.75 Å². The minimum Gasteiger partial charge on any atom is -0.497 e. The SMILES string of the molecule is COc1ccc(CCC(=O)N2CCCC[C@H]2c2nn(C)c3c2COCC3)cc1. The standard InChI is InChI=1S/C22H29N3O3/c1-24-19-12-14-28-15-18(19)22(23-24)20-5-3-4-13-25(20)21(26)11-8-16-6-9-17(27-2)10-7-16/h6-7,9-10,20H,3-5,8,11-15H2,1-2H3/t20-/m0/s1. The topological polar surface area (TPSA) is 56.6 Å². The minimum absolute atomic E-state index is 0.0776. The smallest absolute Gasteiger partial charge is 0.223 e. The summed E-state index contributed by atoms with van der Waals surface area (Å²) in [7, 11) is 3.67. The highest BCUT2D eigenvalue weighted by atomic mass is 16.5. The summed E-state index contributed by atoms with van der Waals surface area (Å²) in [6.45, 7) is 2.18. The third-order valence-corrected chi connectivity index (χ3v) is 5.96. The maximum Gasteiger partial charge on any atom is 0.223 e. The summed E-state index contributed by atoms with van der Waals surface area (Å²) in [6.07, 6.45) is 5.36. The van der Waals surface area contributed by atoms with E-state index in [9.17, 15) is 4.79 Å². The maximum absolute atomic E-state index is 13.1. The van der Waals surface area contributed by atoms with Crippen LogP contribution in [0.2, 0.25) is 0 Å². The molecule has 28 heavy (non-hydrogen) atoms. The molecule has 1 atom stereocenters. The fourth-order valence-electron chi connectivity index (χ4n) is 4.41. The van der Waals surface area contributed by atoms with Gasteiger partial charge in [0.15, 0.2) is 0 Å². The molecule has 2 aromatic rings. The first kappa shape index (κ1) is 19.0. The summed E-state index contributed by atoms with van der Waals surface area (Å²) in [6, 6.07) is 8.04. The van der Waals surface area contributed by atoms with Crippen LogP contribution in [-0.4, -0.2) is 40.8 Å². The number of ether oxygens (including phenoxy) is 2. The summed E-state index contributed by atoms with van der Waals surface area (Å²) in [4.78, 5) is 15.1. The average molecular weight is 383 g/mol. The van der Waals surface area contributed by atoms with E-state index in [1.54, 1.807) is 7.11 Å². The van der Waals surface area contributed by atoms with Crippen LogP contribution in [-0.2, 0) is 36.0 Å². The lowest BCUT2D eigenvalue weighted by atomic mass is 9.94. The van der Waals surface area contributed by atoms with Crippen molar-refractivity contribution >= 4 is 5.91 Å². The fraction of sp³-hybridized carbons (Fsp3) is 0.545. The van der Waals surface area contributed by atoms with Gasteiger partial charge < -0.3 is 14.4 Å². The molecule has 0 spiro atoms. The van der Waals surface area contributed by atoms with Crippen LogP contribution in [0.15, 0.2) is 24.3 Å². The number of amides is 1. The van der Waals surface area contributed by atoms with Gasteiger partial charge in [-0.25, -0.2) is 0 Å². The van der Waals surface area contributed by atoms with Gasteiger partial charge in [0.05, 0.1) is 32.1 Å². The first-order chi connectivity index (χ1) is 13.7. The number of carbonyl (C=O) groups excluding carboxylic acids is 1. The Balaban J connectivity index is 1.48. The highest BCUT2D eigenvalue weighted by Crippen LogP contribution is 2.35. The van der Waals surface area contributed by atoms with Crippen LogP contribution in [0.5, 0.6) is 5.75 Å². The largest absolute Gasteiger partial charge is 0.497 e. The molecule has 0 unspecified atom stereocenters. The Morgan fingerprint density at radius 3 is 2.89 bits per heavy atom. The Morgan fingerprint density at radius 1 is 1.29 bits per heavy atom. The van der Waals surface area contributed by atoms with Crippen molar-refractivity contribution in [3.63, 3.8) is 0 Å². The molecule has 6 heteroatoms. The lowest BCUT2D eigenvalue weighted by molar-refractivity contribution is -0.135. The zero-order valence-corrected chi connectivity index (χ0v) is 16.8. The second-order valence-electron chi connectivity index (χ2n) is 7.68. The van der Waals surface area contributed by atoms with Crippen LogP contribution in [0.4, 0.5) is 0 Å². The third-order valence-electron chi connectivity index (χ3n) is 5.96. The molecule has 2 aliphatic heterocycles. The van der Waals surface area contributed by atoms with E-state index < -0.39 is 0 Å². The minimum atomic E-state index is 0.0776. The summed E-state index contributed by atoms with van der Waals surface area (Å²) in [5.41, 5.74) is 4.67. The van der Waals surface area contributed by atoms with E-state index in [4.69, 9.17) is 14.6 Å². The Hall–Kier alpha value is -2.34. The predicted molar refractivity (Wildman–Crippen MR) is 106 cm³/mol. The van der Waals surface area contributed by atoms with Gasteiger partial charge >= 0.3 is 0 Å². The van der Waals surface area contributed by atoms with E-state index in [2.05, 4.69) is 4.90 Å². The third kappa shape index (κ3) is 3.78. The van der Waals surface area contributed by atoms with E-state index in [1.165, 1.54) is 11.3 Å². The van der Waals surface area contributed by atoms with Crippen molar-refractivity contribution in [1.29, 1.82) is 0 Å². The number of fused-ring (bicyclic) bond motifs is 1. The number of likely N-dealkylation sites (tertiary alicyclic amines) is 1. The van der Waals surface area contributed by atoms with Crippen LogP contribution in [0.3, 0.4) is 0 Å². The normalized spacial score (nSPS) is 19.4. The summed E-state index contributed by atoms with van der Waals surface area (Å²) >= 11 is 0. The Kier molecular flexibility index (Phi) is 5.67. The van der Waals surface area contributed by atoms with Crippen molar-refractivity contribution in [3.05, 3.63) is 46.8 Å². The van der Waals surface area contributed by atoms with E-state index >= 15 is 0 Å². The quantitative estimate of drug-likeness (QED) is 0.796. The molecule has 4 rings (SSSR count). The number of methoxy groups -OCH3 is 1. The van der Waals surface area contributed by atoms with Crippen molar-refractivity contribution in [2.24, 2.45) is 7.05 Å². The van der Waals surface area contributed by atoms with E-state index in [0.717, 1.165) is 62.3 Å². The Labute approximate surface area is 166 Å². The highest BCUT2D eigenvalue weighted by Gasteiger charge is 2.33. The van der Waals surface area contributed by atoms with Crippen LogP contribution < -0.4 is 4.74 Å². The first-order valence-corrected chi connectivity index (χ1v) is 10.2. The molecule has 150 valence electrons. The van der Waals surface area contributed by atoms with Gasteiger partial charge in [-0.05, 0) is 43.4 Å². The van der Waals surface area contributed by atoms with Crippen LogP contribution >= 0.6 is 0 Å².